The van der Waals surface area contributed by atoms with Crippen LogP contribution in [0.4, 0.5) is 0 Å². The fourth-order valence-electron chi connectivity index (χ4n) is 2.84. The molecule has 0 aromatic carbocycles. The van der Waals surface area contributed by atoms with Crippen molar-refractivity contribution >= 4 is 0 Å². The summed E-state index contributed by atoms with van der Waals surface area (Å²) in [6.07, 6.45) is 9.47. The van der Waals surface area contributed by atoms with Crippen molar-refractivity contribution in [3.05, 3.63) is 18.2 Å². The Labute approximate surface area is 109 Å². The second-order valence-corrected chi connectivity index (χ2v) is 6.15. The van der Waals surface area contributed by atoms with Crippen LogP contribution in [0.15, 0.2) is 12.5 Å². The lowest BCUT2D eigenvalue weighted by atomic mass is 9.98. The van der Waals surface area contributed by atoms with Gasteiger partial charge in [-0.1, -0.05) is 0 Å². The fourth-order valence-corrected chi connectivity index (χ4v) is 2.84. The highest BCUT2D eigenvalue weighted by molar-refractivity contribution is 5.03. The molecule has 2 heterocycles. The van der Waals surface area contributed by atoms with E-state index in [0.29, 0.717) is 6.04 Å². The molecule has 0 radical (unpaired) electrons. The monoisotopic (exact) mass is 249 g/mol. The van der Waals surface area contributed by atoms with Crippen molar-refractivity contribution in [3.8, 4) is 0 Å². The van der Waals surface area contributed by atoms with Gasteiger partial charge in [0.25, 0.3) is 0 Å². The second kappa shape index (κ2) is 4.67. The zero-order valence-electron chi connectivity index (χ0n) is 11.2. The first-order valence-corrected chi connectivity index (χ1v) is 7.09. The van der Waals surface area contributed by atoms with Crippen molar-refractivity contribution < 1.29 is 5.11 Å². The first-order chi connectivity index (χ1) is 8.64. The minimum absolute atomic E-state index is 0.467. The first-order valence-electron chi connectivity index (χ1n) is 7.09. The van der Waals surface area contributed by atoms with E-state index in [-0.39, 0.29) is 0 Å². The van der Waals surface area contributed by atoms with Crippen molar-refractivity contribution in [2.75, 3.05) is 13.1 Å². The van der Waals surface area contributed by atoms with E-state index in [2.05, 4.69) is 14.5 Å². The van der Waals surface area contributed by atoms with Crippen molar-refractivity contribution in [3.63, 3.8) is 0 Å². The van der Waals surface area contributed by atoms with E-state index in [9.17, 15) is 5.11 Å². The summed E-state index contributed by atoms with van der Waals surface area (Å²) >= 11 is 0. The minimum atomic E-state index is -0.467. The molecule has 0 bridgehead atoms. The van der Waals surface area contributed by atoms with Gasteiger partial charge in [-0.15, -0.1) is 0 Å². The quantitative estimate of drug-likeness (QED) is 0.890. The summed E-state index contributed by atoms with van der Waals surface area (Å²) in [6, 6.07) is 0.706. The molecule has 100 valence electrons. The van der Waals surface area contributed by atoms with Crippen LogP contribution in [0.25, 0.3) is 0 Å². The first kappa shape index (κ1) is 12.2. The number of likely N-dealkylation sites (tertiary alicyclic amines) is 1. The molecule has 1 saturated heterocycles. The van der Waals surface area contributed by atoms with Gasteiger partial charge in [0.2, 0.25) is 0 Å². The molecule has 1 aromatic rings. The van der Waals surface area contributed by atoms with Crippen LogP contribution in [0.5, 0.6) is 0 Å². The molecule has 2 aliphatic rings. The normalized spacial score (nSPS) is 30.3. The summed E-state index contributed by atoms with van der Waals surface area (Å²) in [4.78, 5) is 6.74. The van der Waals surface area contributed by atoms with E-state index in [0.717, 1.165) is 38.9 Å². The van der Waals surface area contributed by atoms with E-state index in [1.807, 2.05) is 19.4 Å². The van der Waals surface area contributed by atoms with Gasteiger partial charge >= 0.3 is 0 Å². The number of aromatic nitrogens is 2. The molecular weight excluding hydrogens is 226 g/mol. The van der Waals surface area contributed by atoms with Crippen molar-refractivity contribution in [1.29, 1.82) is 0 Å². The summed E-state index contributed by atoms with van der Waals surface area (Å²) in [5.41, 5.74) is 0.866. The average Bonchev–Trinajstić information content (AvgIpc) is 3.08. The lowest BCUT2D eigenvalue weighted by Gasteiger charge is -2.22. The van der Waals surface area contributed by atoms with Crippen molar-refractivity contribution in [2.45, 2.75) is 57.2 Å². The van der Waals surface area contributed by atoms with Crippen molar-refractivity contribution in [1.82, 2.24) is 14.5 Å². The van der Waals surface area contributed by atoms with Gasteiger partial charge in [-0.25, -0.2) is 4.98 Å². The molecule has 1 aromatic heterocycles. The third kappa shape index (κ3) is 2.75. The molecule has 1 atom stereocenters. The molecule has 4 heteroatoms. The molecule has 18 heavy (non-hydrogen) atoms. The topological polar surface area (TPSA) is 41.3 Å². The number of hydrogen-bond donors (Lipinski definition) is 1. The number of hydrogen-bond acceptors (Lipinski definition) is 3. The van der Waals surface area contributed by atoms with E-state index in [4.69, 9.17) is 0 Å². The maximum Gasteiger partial charge on any atom is 0.0951 e. The van der Waals surface area contributed by atoms with Crippen LogP contribution in [-0.4, -0.2) is 38.2 Å². The van der Waals surface area contributed by atoms with Crippen LogP contribution >= 0.6 is 0 Å². The zero-order valence-corrected chi connectivity index (χ0v) is 11.2. The number of aliphatic hydroxyl groups is 1. The fraction of sp³-hybridized carbons (Fsp3) is 0.786. The van der Waals surface area contributed by atoms with Gasteiger partial charge < -0.3 is 9.67 Å². The van der Waals surface area contributed by atoms with Crippen LogP contribution in [0.3, 0.4) is 0 Å². The standard InChI is InChI=1S/C14H23N3O/c1-14(18)5-2-7-16(8-6-14)10-13-9-15-11-17(13)12-3-4-12/h9,11-12,18H,2-8,10H2,1H3. The highest BCUT2D eigenvalue weighted by Crippen LogP contribution is 2.36. The molecular formula is C14H23N3O. The summed E-state index contributed by atoms with van der Waals surface area (Å²) in [5.74, 6) is 0. The molecule has 4 nitrogen and oxygen atoms in total. The Morgan fingerprint density at radius 1 is 1.39 bits per heavy atom. The van der Waals surface area contributed by atoms with Gasteiger partial charge in [0.1, 0.15) is 0 Å². The maximum absolute atomic E-state index is 10.1. The van der Waals surface area contributed by atoms with Gasteiger partial charge in [0.15, 0.2) is 0 Å². The van der Waals surface area contributed by atoms with Gasteiger partial charge in [-0.3, -0.25) is 4.90 Å². The third-order valence-electron chi connectivity index (χ3n) is 4.23. The van der Waals surface area contributed by atoms with Crippen LogP contribution in [0.2, 0.25) is 0 Å². The van der Waals surface area contributed by atoms with E-state index < -0.39 is 5.60 Å². The van der Waals surface area contributed by atoms with E-state index in [1.54, 1.807) is 0 Å². The molecule has 0 spiro atoms. The predicted octanol–water partition coefficient (Wildman–Crippen LogP) is 1.95. The van der Waals surface area contributed by atoms with Crippen LogP contribution in [0, 0.1) is 0 Å². The zero-order chi connectivity index (χ0) is 12.6. The SMILES string of the molecule is CC1(O)CCCN(Cc2cncn2C2CC2)CC1. The highest BCUT2D eigenvalue weighted by atomic mass is 16.3. The molecule has 1 unspecified atom stereocenters. The predicted molar refractivity (Wildman–Crippen MR) is 70.2 cm³/mol. The van der Waals surface area contributed by atoms with E-state index >= 15 is 0 Å². The second-order valence-electron chi connectivity index (χ2n) is 6.15. The van der Waals surface area contributed by atoms with Gasteiger partial charge in [0.05, 0.1) is 17.6 Å². The molecule has 1 aliphatic carbocycles. The summed E-state index contributed by atoms with van der Waals surface area (Å²) in [7, 11) is 0. The Morgan fingerprint density at radius 3 is 3.00 bits per heavy atom. The van der Waals surface area contributed by atoms with Crippen LogP contribution in [0.1, 0.15) is 50.8 Å². The molecule has 1 saturated carbocycles. The van der Waals surface area contributed by atoms with Crippen LogP contribution in [-0.2, 0) is 6.54 Å². The van der Waals surface area contributed by atoms with Crippen molar-refractivity contribution in [2.24, 2.45) is 0 Å². The van der Waals surface area contributed by atoms with Gasteiger partial charge in [-0.05, 0) is 45.6 Å². The van der Waals surface area contributed by atoms with Gasteiger partial charge in [0, 0.05) is 25.3 Å². The third-order valence-corrected chi connectivity index (χ3v) is 4.23. The Balaban J connectivity index is 1.63. The molecule has 1 aliphatic heterocycles. The largest absolute Gasteiger partial charge is 0.390 e. The Morgan fingerprint density at radius 2 is 2.22 bits per heavy atom. The number of imidazole rings is 1. The average molecular weight is 249 g/mol. The van der Waals surface area contributed by atoms with Crippen LogP contribution < -0.4 is 0 Å². The lowest BCUT2D eigenvalue weighted by Crippen LogP contribution is -2.28. The molecule has 2 fully saturated rings. The molecule has 1 N–H and O–H groups in total. The van der Waals surface area contributed by atoms with E-state index in [1.165, 1.54) is 18.5 Å². The Hall–Kier alpha value is -0.870. The molecule has 0 amide bonds. The smallest absolute Gasteiger partial charge is 0.0951 e. The molecule has 3 rings (SSSR count). The Kier molecular flexibility index (Phi) is 3.16. The number of nitrogens with zero attached hydrogens (tertiary/aromatic N) is 3. The summed E-state index contributed by atoms with van der Waals surface area (Å²) < 4.78 is 2.34. The maximum atomic E-state index is 10.1. The summed E-state index contributed by atoms with van der Waals surface area (Å²) in [5, 5.41) is 10.1. The van der Waals surface area contributed by atoms with Gasteiger partial charge in [-0.2, -0.15) is 0 Å². The number of rotatable bonds is 3. The highest BCUT2D eigenvalue weighted by Gasteiger charge is 2.28. The summed E-state index contributed by atoms with van der Waals surface area (Å²) in [6.45, 7) is 5.02. The lowest BCUT2D eigenvalue weighted by molar-refractivity contribution is 0.0443. The minimum Gasteiger partial charge on any atom is -0.390 e. The Bertz CT molecular complexity index is 409.